The molecule has 1 aliphatic heterocycles. The van der Waals surface area contributed by atoms with E-state index in [9.17, 15) is 0 Å². The Morgan fingerprint density at radius 1 is 1.17 bits per heavy atom. The van der Waals surface area contributed by atoms with Crippen molar-refractivity contribution in [3.05, 3.63) is 73.6 Å². The number of benzene rings is 1. The molecular weight excluding hydrogens is 468 g/mol. The maximum atomic E-state index is 8.93. The standard InChI is InChI=1S/C29H29N4S2/c1-5-32-24-12-11-22(9-7-13-30)18-26(24)34-28(32)15-20(3)16-29-33(6-2)25-17-21(4)23(10-8-14-31)19-27(25)35-29/h7-12,15-19,21,23H,5-6H2,1-4H3/q+1/b9-7+,10-8+. The van der Waals surface area contributed by atoms with Gasteiger partial charge in [-0.3, -0.25) is 0 Å². The van der Waals surface area contributed by atoms with Crippen LogP contribution in [0, 0.1) is 34.5 Å². The molecule has 2 heterocycles. The Hall–Kier alpha value is -3.32. The van der Waals surface area contributed by atoms with Gasteiger partial charge in [-0.15, -0.1) is 0 Å². The van der Waals surface area contributed by atoms with Gasteiger partial charge in [-0.25, -0.2) is 0 Å². The van der Waals surface area contributed by atoms with Crippen LogP contribution in [0.15, 0.2) is 58.0 Å². The minimum atomic E-state index is 0.255. The van der Waals surface area contributed by atoms with E-state index < -0.39 is 0 Å². The summed E-state index contributed by atoms with van der Waals surface area (Å²) in [6, 6.07) is 10.5. The van der Waals surface area contributed by atoms with Gasteiger partial charge < -0.3 is 4.90 Å². The fourth-order valence-corrected chi connectivity index (χ4v) is 7.09. The fourth-order valence-electron chi connectivity index (χ4n) is 4.49. The molecule has 4 rings (SSSR count). The molecule has 0 spiro atoms. The van der Waals surface area contributed by atoms with Gasteiger partial charge in [0.15, 0.2) is 0 Å². The zero-order chi connectivity index (χ0) is 24.9. The fraction of sp³-hybridized carbons (Fsp3) is 0.276. The molecule has 0 amide bonds. The molecule has 6 heteroatoms. The number of nitriles is 2. The second-order valence-corrected chi connectivity index (χ2v) is 10.7. The minimum absolute atomic E-state index is 0.255. The first-order chi connectivity index (χ1) is 17.0. The van der Waals surface area contributed by atoms with Gasteiger partial charge in [0.25, 0.3) is 5.01 Å². The monoisotopic (exact) mass is 497 g/mol. The zero-order valence-corrected chi connectivity index (χ0v) is 22.2. The summed E-state index contributed by atoms with van der Waals surface area (Å²) in [6.45, 7) is 10.6. The first-order valence-corrected chi connectivity index (χ1v) is 13.5. The SMILES string of the molecule is CCN1C(=CC(C)=Cc2sc3c([n+]2CC)=CC(C)C(/C=C/C#N)C=3)Sc2cc(/C=C/C#N)ccc21. The van der Waals surface area contributed by atoms with Gasteiger partial charge in [0.1, 0.15) is 11.1 Å². The molecule has 1 aliphatic carbocycles. The molecule has 35 heavy (non-hydrogen) atoms. The lowest BCUT2D eigenvalue weighted by Gasteiger charge is -2.18. The van der Waals surface area contributed by atoms with Crippen molar-refractivity contribution in [2.24, 2.45) is 11.8 Å². The average molecular weight is 498 g/mol. The van der Waals surface area contributed by atoms with Crippen molar-refractivity contribution < 1.29 is 4.57 Å². The summed E-state index contributed by atoms with van der Waals surface area (Å²) in [6.07, 6.45) is 16.2. The Kier molecular flexibility index (Phi) is 7.76. The van der Waals surface area contributed by atoms with Crippen molar-refractivity contribution in [2.45, 2.75) is 39.1 Å². The van der Waals surface area contributed by atoms with Crippen LogP contribution in [0.4, 0.5) is 5.69 Å². The van der Waals surface area contributed by atoms with Crippen molar-refractivity contribution in [2.75, 3.05) is 11.4 Å². The quantitative estimate of drug-likeness (QED) is 0.397. The number of allylic oxidation sites excluding steroid dienone is 5. The van der Waals surface area contributed by atoms with E-state index in [2.05, 4.69) is 91.8 Å². The lowest BCUT2D eigenvalue weighted by atomic mass is 9.90. The first-order valence-electron chi connectivity index (χ1n) is 11.9. The van der Waals surface area contributed by atoms with Crippen LogP contribution in [0.25, 0.3) is 24.3 Å². The van der Waals surface area contributed by atoms with E-state index in [1.807, 2.05) is 23.5 Å². The maximum Gasteiger partial charge on any atom is 0.262 e. The minimum Gasteiger partial charge on any atom is -0.335 e. The van der Waals surface area contributed by atoms with Crippen molar-refractivity contribution in [1.29, 1.82) is 10.5 Å². The predicted molar refractivity (Wildman–Crippen MR) is 147 cm³/mol. The van der Waals surface area contributed by atoms with Gasteiger partial charge >= 0.3 is 0 Å². The molecule has 2 atom stereocenters. The molecule has 0 fully saturated rings. The van der Waals surface area contributed by atoms with Crippen molar-refractivity contribution >= 4 is 53.1 Å². The van der Waals surface area contributed by atoms with Crippen LogP contribution in [-0.2, 0) is 6.54 Å². The summed E-state index contributed by atoms with van der Waals surface area (Å²) < 4.78 is 3.67. The third kappa shape index (κ3) is 5.20. The van der Waals surface area contributed by atoms with Crippen LogP contribution >= 0.6 is 23.1 Å². The van der Waals surface area contributed by atoms with E-state index in [1.54, 1.807) is 17.8 Å². The Labute approximate surface area is 215 Å². The molecule has 0 N–H and O–H groups in total. The highest BCUT2D eigenvalue weighted by Gasteiger charge is 2.25. The van der Waals surface area contributed by atoms with Gasteiger partial charge in [-0.05, 0) is 68.2 Å². The molecule has 2 aliphatic rings. The van der Waals surface area contributed by atoms with E-state index in [0.717, 1.165) is 18.7 Å². The summed E-state index contributed by atoms with van der Waals surface area (Å²) in [4.78, 5) is 3.56. The lowest BCUT2D eigenvalue weighted by Crippen LogP contribution is -2.54. The summed E-state index contributed by atoms with van der Waals surface area (Å²) in [5.41, 5.74) is 3.47. The van der Waals surface area contributed by atoms with Crippen molar-refractivity contribution in [3.8, 4) is 12.1 Å². The second kappa shape index (κ2) is 11.0. The third-order valence-corrected chi connectivity index (χ3v) is 8.44. The second-order valence-electron chi connectivity index (χ2n) is 8.60. The number of rotatable bonds is 6. The summed E-state index contributed by atoms with van der Waals surface area (Å²) in [5.74, 6) is 0.615. The molecule has 0 saturated heterocycles. The van der Waals surface area contributed by atoms with Gasteiger partial charge in [0.2, 0.25) is 5.35 Å². The Balaban J connectivity index is 1.68. The van der Waals surface area contributed by atoms with Gasteiger partial charge in [-0.1, -0.05) is 48.2 Å². The lowest BCUT2D eigenvalue weighted by molar-refractivity contribution is -0.703. The number of thioether (sulfide) groups is 1. The van der Waals surface area contributed by atoms with Crippen LogP contribution < -0.4 is 19.3 Å². The largest absolute Gasteiger partial charge is 0.335 e. The molecule has 0 radical (unpaired) electrons. The van der Waals surface area contributed by atoms with E-state index in [4.69, 9.17) is 10.5 Å². The number of thiazole rings is 1. The van der Waals surface area contributed by atoms with Crippen LogP contribution in [-0.4, -0.2) is 6.54 Å². The Bertz CT molecular complexity index is 1460. The average Bonchev–Trinajstić information content (AvgIpc) is 3.36. The molecule has 176 valence electrons. The topological polar surface area (TPSA) is 54.7 Å². The number of hydrogen-bond acceptors (Lipinski definition) is 5. The van der Waals surface area contributed by atoms with Crippen molar-refractivity contribution in [3.63, 3.8) is 0 Å². The Morgan fingerprint density at radius 2 is 1.97 bits per heavy atom. The number of aromatic nitrogens is 1. The number of fused-ring (bicyclic) bond motifs is 2. The van der Waals surface area contributed by atoms with Gasteiger partial charge in [-0.2, -0.15) is 15.1 Å². The molecular formula is C29H29N4S2+. The van der Waals surface area contributed by atoms with Gasteiger partial charge in [0, 0.05) is 35.6 Å². The number of anilines is 1. The van der Waals surface area contributed by atoms with Crippen LogP contribution in [0.1, 0.15) is 38.3 Å². The Morgan fingerprint density at radius 3 is 2.69 bits per heavy atom. The highest BCUT2D eigenvalue weighted by atomic mass is 32.2. The van der Waals surface area contributed by atoms with Crippen molar-refractivity contribution in [1.82, 2.24) is 0 Å². The molecule has 2 unspecified atom stereocenters. The van der Waals surface area contributed by atoms with Crippen LogP contribution in [0.5, 0.6) is 0 Å². The molecule has 4 nitrogen and oxygen atoms in total. The molecule has 2 aromatic rings. The van der Waals surface area contributed by atoms with E-state index >= 15 is 0 Å². The smallest absolute Gasteiger partial charge is 0.262 e. The highest BCUT2D eigenvalue weighted by Crippen LogP contribution is 2.46. The normalized spacial score (nSPS) is 20.5. The molecule has 0 bridgehead atoms. The van der Waals surface area contributed by atoms with Crippen LogP contribution in [0.2, 0.25) is 0 Å². The number of hydrogen-bond donors (Lipinski definition) is 0. The molecule has 1 aromatic heterocycles. The van der Waals surface area contributed by atoms with Gasteiger partial charge in [0.05, 0.1) is 22.9 Å². The predicted octanol–water partition coefficient (Wildman–Crippen LogP) is 5.38. The first kappa shape index (κ1) is 24.8. The summed E-state index contributed by atoms with van der Waals surface area (Å²) in [7, 11) is 0. The maximum absolute atomic E-state index is 8.93. The third-order valence-electron chi connectivity index (χ3n) is 6.23. The van der Waals surface area contributed by atoms with E-state index in [0.29, 0.717) is 5.92 Å². The van der Waals surface area contributed by atoms with Crippen LogP contribution in [0.3, 0.4) is 0 Å². The highest BCUT2D eigenvalue weighted by molar-refractivity contribution is 8.03. The zero-order valence-electron chi connectivity index (χ0n) is 20.5. The summed E-state index contributed by atoms with van der Waals surface area (Å²) >= 11 is 3.60. The number of nitrogens with zero attached hydrogens (tertiary/aromatic N) is 4. The van der Waals surface area contributed by atoms with E-state index in [-0.39, 0.29) is 5.92 Å². The van der Waals surface area contributed by atoms with E-state index in [1.165, 1.54) is 42.2 Å². The summed E-state index contributed by atoms with van der Waals surface area (Å²) in [5, 5.41) is 21.5. The molecule has 0 saturated carbocycles. The molecule has 1 aromatic carbocycles.